The number of oxime groups is 2. The van der Waals surface area contributed by atoms with Crippen molar-refractivity contribution in [3.63, 3.8) is 0 Å². The molecule has 4 saturated heterocycles. The minimum absolute atomic E-state index is 0.941. The fourth-order valence-corrected chi connectivity index (χ4v) is 4.85. The van der Waals surface area contributed by atoms with Gasteiger partial charge in [0.05, 0.1) is 11.4 Å². The Kier molecular flexibility index (Phi) is 10.4. The first-order valence-corrected chi connectivity index (χ1v) is 12.1. The van der Waals surface area contributed by atoms with E-state index in [2.05, 4.69) is 29.9 Å². The van der Waals surface area contributed by atoms with Gasteiger partial charge in [0.25, 0.3) is 0 Å². The van der Waals surface area contributed by atoms with Gasteiger partial charge in [-0.25, -0.2) is 0 Å². The zero-order valence-corrected chi connectivity index (χ0v) is 18.7. The van der Waals surface area contributed by atoms with E-state index in [9.17, 15) is 0 Å². The minimum Gasteiger partial charge on any atom is -0.411 e. The summed E-state index contributed by atoms with van der Waals surface area (Å²) >= 11 is 0. The first-order valence-electron chi connectivity index (χ1n) is 12.1. The van der Waals surface area contributed by atoms with Crippen LogP contribution < -0.4 is 0 Å². The van der Waals surface area contributed by atoms with Gasteiger partial charge in [0.1, 0.15) is 0 Å². The second-order valence-corrected chi connectivity index (χ2v) is 9.11. The molecule has 172 valence electrons. The van der Waals surface area contributed by atoms with Crippen molar-refractivity contribution >= 4 is 11.4 Å². The lowest BCUT2D eigenvalue weighted by atomic mass is 10.1. The fourth-order valence-electron chi connectivity index (χ4n) is 4.85. The maximum atomic E-state index is 8.64. The number of hydrogen-bond acceptors (Lipinski definition) is 8. The van der Waals surface area contributed by atoms with E-state index in [1.165, 1.54) is 78.0 Å². The molecule has 0 saturated carbocycles. The van der Waals surface area contributed by atoms with E-state index >= 15 is 0 Å². The van der Waals surface area contributed by atoms with Crippen molar-refractivity contribution in [3.05, 3.63) is 0 Å². The van der Waals surface area contributed by atoms with Crippen LogP contribution in [-0.2, 0) is 0 Å². The summed E-state index contributed by atoms with van der Waals surface area (Å²) in [7, 11) is 0. The third-order valence-electron chi connectivity index (χ3n) is 7.01. The Morgan fingerprint density at radius 1 is 0.467 bits per heavy atom. The lowest BCUT2D eigenvalue weighted by Crippen LogP contribution is -2.39. The molecule has 2 N–H and O–H groups in total. The molecule has 0 atom stereocenters. The maximum absolute atomic E-state index is 8.64. The van der Waals surface area contributed by atoms with Crippen molar-refractivity contribution in [2.45, 2.75) is 51.4 Å². The zero-order valence-electron chi connectivity index (χ0n) is 18.7. The van der Waals surface area contributed by atoms with Gasteiger partial charge < -0.3 is 30.0 Å². The van der Waals surface area contributed by atoms with Crippen LogP contribution in [-0.4, -0.2) is 120 Å². The van der Waals surface area contributed by atoms with Crippen molar-refractivity contribution in [1.29, 1.82) is 0 Å². The van der Waals surface area contributed by atoms with Crippen molar-refractivity contribution in [2.75, 3.05) is 78.5 Å². The molecule has 8 nitrogen and oxygen atoms in total. The molecule has 0 spiro atoms. The van der Waals surface area contributed by atoms with Crippen LogP contribution in [0, 0.1) is 0 Å². The van der Waals surface area contributed by atoms with E-state index in [0.29, 0.717) is 0 Å². The second-order valence-electron chi connectivity index (χ2n) is 9.11. The quantitative estimate of drug-likeness (QED) is 0.504. The van der Waals surface area contributed by atoms with Crippen molar-refractivity contribution in [1.82, 2.24) is 19.6 Å². The summed E-state index contributed by atoms with van der Waals surface area (Å²) in [4.78, 5) is 10.1. The molecule has 8 heteroatoms. The van der Waals surface area contributed by atoms with Crippen molar-refractivity contribution in [2.24, 2.45) is 10.3 Å². The summed E-state index contributed by atoms with van der Waals surface area (Å²) in [6, 6.07) is 0. The molecule has 4 aliphatic rings. The van der Waals surface area contributed by atoms with Crippen LogP contribution >= 0.6 is 0 Å². The minimum atomic E-state index is 0.941. The Bertz CT molecular complexity index is 476. The summed E-state index contributed by atoms with van der Waals surface area (Å²) in [5.74, 6) is 0. The molecule has 0 radical (unpaired) electrons. The average molecular weight is 423 g/mol. The van der Waals surface area contributed by atoms with E-state index in [1.807, 2.05) is 0 Å². The van der Waals surface area contributed by atoms with Gasteiger partial charge in [0.15, 0.2) is 0 Å². The summed E-state index contributed by atoms with van der Waals surface area (Å²) in [5.41, 5.74) is 1.93. The van der Waals surface area contributed by atoms with Gasteiger partial charge in [-0.15, -0.1) is 0 Å². The molecule has 0 aliphatic carbocycles. The smallest absolute Gasteiger partial charge is 0.0596 e. The normalized spacial score (nSPS) is 24.7. The third kappa shape index (κ3) is 8.13. The predicted molar refractivity (Wildman–Crippen MR) is 121 cm³/mol. The first-order chi connectivity index (χ1) is 14.8. The monoisotopic (exact) mass is 422 g/mol. The highest BCUT2D eigenvalue weighted by Crippen LogP contribution is 2.11. The van der Waals surface area contributed by atoms with Crippen molar-refractivity contribution in [3.8, 4) is 0 Å². The third-order valence-corrected chi connectivity index (χ3v) is 7.01. The standard InChI is InChI=1S/2C11H21N3O/c2*15-12-11-3-7-14(8-4-11)10-9-13-5-1-2-6-13/h2*15H,1-10H2. The molecule has 0 bridgehead atoms. The molecule has 4 heterocycles. The van der Waals surface area contributed by atoms with E-state index in [1.54, 1.807) is 0 Å². The highest BCUT2D eigenvalue weighted by molar-refractivity contribution is 5.85. The van der Waals surface area contributed by atoms with Crippen LogP contribution in [0.25, 0.3) is 0 Å². The van der Waals surface area contributed by atoms with Crippen LogP contribution in [0.15, 0.2) is 10.3 Å². The Hall–Kier alpha value is -1.22. The summed E-state index contributed by atoms with van der Waals surface area (Å²) in [6.07, 6.45) is 9.27. The molecule has 4 aliphatic heterocycles. The fraction of sp³-hybridized carbons (Fsp3) is 0.909. The van der Waals surface area contributed by atoms with Gasteiger partial charge >= 0.3 is 0 Å². The summed E-state index contributed by atoms with van der Waals surface area (Å²) < 4.78 is 0. The number of nitrogens with zero attached hydrogens (tertiary/aromatic N) is 6. The van der Waals surface area contributed by atoms with Crippen LogP contribution in [0.3, 0.4) is 0 Å². The average Bonchev–Trinajstić information content (AvgIpc) is 3.52. The molecule has 0 amide bonds. The molecular weight excluding hydrogens is 380 g/mol. The lowest BCUT2D eigenvalue weighted by molar-refractivity contribution is 0.221. The molecule has 0 aromatic carbocycles. The highest BCUT2D eigenvalue weighted by atomic mass is 16.4. The van der Waals surface area contributed by atoms with Gasteiger partial charge in [-0.3, -0.25) is 0 Å². The topological polar surface area (TPSA) is 78.1 Å². The Morgan fingerprint density at radius 3 is 1.00 bits per heavy atom. The largest absolute Gasteiger partial charge is 0.411 e. The van der Waals surface area contributed by atoms with E-state index < -0.39 is 0 Å². The molecular formula is C22H42N6O2. The van der Waals surface area contributed by atoms with Gasteiger partial charge in [-0.2, -0.15) is 0 Å². The Labute approximate surface area is 182 Å². The molecule has 4 fully saturated rings. The van der Waals surface area contributed by atoms with Gasteiger partial charge in [0.2, 0.25) is 0 Å². The number of hydrogen-bond donors (Lipinski definition) is 2. The Balaban J connectivity index is 0.000000171. The molecule has 0 aromatic rings. The lowest BCUT2D eigenvalue weighted by Gasteiger charge is -2.28. The predicted octanol–water partition coefficient (Wildman–Crippen LogP) is 2.02. The summed E-state index contributed by atoms with van der Waals surface area (Å²) in [5, 5.41) is 23.9. The van der Waals surface area contributed by atoms with E-state index in [0.717, 1.165) is 63.3 Å². The first kappa shape index (κ1) is 23.4. The van der Waals surface area contributed by atoms with Gasteiger partial charge in [0, 0.05) is 78.0 Å². The number of rotatable bonds is 6. The highest BCUT2D eigenvalue weighted by Gasteiger charge is 2.18. The molecule has 0 unspecified atom stereocenters. The maximum Gasteiger partial charge on any atom is 0.0596 e. The summed E-state index contributed by atoms with van der Waals surface area (Å²) in [6.45, 7) is 14.2. The van der Waals surface area contributed by atoms with Gasteiger partial charge in [-0.05, 0) is 51.9 Å². The number of likely N-dealkylation sites (tertiary alicyclic amines) is 4. The van der Waals surface area contributed by atoms with Crippen LogP contribution in [0.2, 0.25) is 0 Å². The number of piperidine rings is 2. The molecule has 30 heavy (non-hydrogen) atoms. The molecule has 4 rings (SSSR count). The Morgan fingerprint density at radius 2 is 0.733 bits per heavy atom. The van der Waals surface area contributed by atoms with E-state index in [-0.39, 0.29) is 0 Å². The SMILES string of the molecule is ON=C1CCN(CCN2CCCC2)CC1.ON=C1CCN(CCN2CCCC2)CC1. The van der Waals surface area contributed by atoms with Crippen LogP contribution in [0.4, 0.5) is 0 Å². The van der Waals surface area contributed by atoms with Crippen LogP contribution in [0.1, 0.15) is 51.4 Å². The molecule has 0 aromatic heterocycles. The van der Waals surface area contributed by atoms with Crippen molar-refractivity contribution < 1.29 is 10.4 Å². The second kappa shape index (κ2) is 13.2. The zero-order chi connectivity index (χ0) is 21.0. The van der Waals surface area contributed by atoms with E-state index in [4.69, 9.17) is 10.4 Å². The van der Waals surface area contributed by atoms with Crippen LogP contribution in [0.5, 0.6) is 0 Å². The van der Waals surface area contributed by atoms with Gasteiger partial charge in [-0.1, -0.05) is 10.3 Å².